The van der Waals surface area contributed by atoms with Gasteiger partial charge < -0.3 is 9.47 Å². The zero-order valence-electron chi connectivity index (χ0n) is 24.9. The van der Waals surface area contributed by atoms with E-state index in [1.807, 2.05) is 6.07 Å². The fourth-order valence-corrected chi connectivity index (χ4v) is 4.94. The summed E-state index contributed by atoms with van der Waals surface area (Å²) in [5.74, 6) is -3.37. The summed E-state index contributed by atoms with van der Waals surface area (Å²) in [6, 6.07) is 26.0. The maximum absolute atomic E-state index is 14.9. The Kier molecular flexibility index (Phi) is 10.4. The van der Waals surface area contributed by atoms with Crippen LogP contribution < -0.4 is 9.47 Å². The fourth-order valence-electron chi connectivity index (χ4n) is 4.94. The Hall–Kier alpha value is -5.75. The van der Waals surface area contributed by atoms with Gasteiger partial charge in [-0.1, -0.05) is 42.8 Å². The molecule has 0 amide bonds. The minimum absolute atomic E-state index is 0.00665. The number of unbranched alkanes of at least 4 members (excludes halogenated alkanes) is 2. The Bertz CT molecular complexity index is 1950. The number of rotatable bonds is 11. The van der Waals surface area contributed by atoms with Crippen LogP contribution in [-0.2, 0) is 9.59 Å². The fraction of sp³-hybridized carbons (Fsp3) is 0.132. The van der Waals surface area contributed by atoms with Gasteiger partial charge in [-0.25, -0.2) is 17.6 Å². The van der Waals surface area contributed by atoms with Crippen molar-refractivity contribution in [3.63, 3.8) is 0 Å². The Labute approximate surface area is 268 Å². The van der Waals surface area contributed by atoms with Crippen molar-refractivity contribution in [1.82, 2.24) is 0 Å². The molecule has 0 aliphatic carbocycles. The molecule has 0 bridgehead atoms. The van der Waals surface area contributed by atoms with Crippen LogP contribution in [0.4, 0.5) is 17.6 Å². The van der Waals surface area contributed by atoms with Gasteiger partial charge in [-0.2, -0.15) is 5.26 Å². The molecule has 9 heteroatoms. The van der Waals surface area contributed by atoms with Crippen LogP contribution in [0.5, 0.6) is 11.5 Å². The van der Waals surface area contributed by atoms with Crippen LogP contribution >= 0.6 is 0 Å². The predicted molar refractivity (Wildman–Crippen MR) is 168 cm³/mol. The number of nitrogens with zero attached hydrogens (tertiary/aromatic N) is 1. The maximum atomic E-state index is 14.9. The summed E-state index contributed by atoms with van der Waals surface area (Å²) in [6.45, 7) is 0. The van der Waals surface area contributed by atoms with Gasteiger partial charge in [-0.05, 0) is 84.1 Å². The summed E-state index contributed by atoms with van der Waals surface area (Å²) >= 11 is 0. The van der Waals surface area contributed by atoms with Gasteiger partial charge in [0, 0.05) is 41.7 Å². The van der Waals surface area contributed by atoms with E-state index in [1.165, 1.54) is 60.7 Å². The van der Waals surface area contributed by atoms with E-state index in [2.05, 4.69) is 0 Å². The summed E-state index contributed by atoms with van der Waals surface area (Å²) in [7, 11) is 0. The monoisotopic (exact) mass is 637 g/mol. The van der Waals surface area contributed by atoms with Crippen LogP contribution in [0.3, 0.4) is 0 Å². The van der Waals surface area contributed by atoms with Crippen molar-refractivity contribution in [1.29, 1.82) is 5.26 Å². The Morgan fingerprint density at radius 1 is 0.532 bits per heavy atom. The number of halogens is 4. The quantitative estimate of drug-likeness (QED) is 0.0624. The largest absolute Gasteiger partial charge is 0.426 e. The highest BCUT2D eigenvalue weighted by Gasteiger charge is 2.14. The first kappa shape index (κ1) is 32.6. The van der Waals surface area contributed by atoms with Crippen LogP contribution in [0.1, 0.15) is 37.7 Å². The van der Waals surface area contributed by atoms with Crippen LogP contribution in [-0.4, -0.2) is 11.9 Å². The third kappa shape index (κ3) is 8.50. The molecule has 0 atom stereocenters. The lowest BCUT2D eigenvalue weighted by Gasteiger charge is -2.10. The van der Waals surface area contributed by atoms with Gasteiger partial charge in [0.25, 0.3) is 0 Å². The minimum atomic E-state index is -0.690. The van der Waals surface area contributed by atoms with Crippen molar-refractivity contribution in [3.05, 3.63) is 132 Å². The Morgan fingerprint density at radius 2 is 0.957 bits per heavy atom. The van der Waals surface area contributed by atoms with Crippen molar-refractivity contribution in [2.24, 2.45) is 0 Å². The highest BCUT2D eigenvalue weighted by Crippen LogP contribution is 2.31. The third-order valence-corrected chi connectivity index (χ3v) is 7.37. The normalized spacial score (nSPS) is 10.7. The van der Waals surface area contributed by atoms with E-state index in [1.54, 1.807) is 30.3 Å². The molecule has 0 saturated carbocycles. The third-order valence-electron chi connectivity index (χ3n) is 7.37. The molecule has 0 aliphatic rings. The number of benzene rings is 5. The first-order valence-electron chi connectivity index (χ1n) is 14.8. The molecule has 5 aromatic rings. The molecule has 0 saturated heterocycles. The minimum Gasteiger partial charge on any atom is -0.426 e. The molecule has 47 heavy (non-hydrogen) atoms. The van der Waals surface area contributed by atoms with Gasteiger partial charge in [-0.15, -0.1) is 0 Å². The molecule has 0 radical (unpaired) electrons. The van der Waals surface area contributed by atoms with E-state index in [4.69, 9.17) is 14.7 Å². The Balaban J connectivity index is 1.05. The van der Waals surface area contributed by atoms with Crippen LogP contribution in [0, 0.1) is 34.6 Å². The zero-order valence-corrected chi connectivity index (χ0v) is 24.9. The van der Waals surface area contributed by atoms with E-state index < -0.39 is 35.2 Å². The van der Waals surface area contributed by atoms with Gasteiger partial charge in [0.05, 0.1) is 11.6 Å². The average Bonchev–Trinajstić information content (AvgIpc) is 3.05. The number of nitriles is 1. The summed E-state index contributed by atoms with van der Waals surface area (Å²) in [4.78, 5) is 24.5. The second-order valence-electron chi connectivity index (χ2n) is 10.7. The first-order chi connectivity index (χ1) is 22.7. The lowest BCUT2D eigenvalue weighted by atomic mass is 9.98. The van der Waals surface area contributed by atoms with E-state index in [9.17, 15) is 27.2 Å². The Morgan fingerprint density at radius 3 is 1.43 bits per heavy atom. The standard InChI is InChI=1S/C38H27F4NO4/c39-28-13-10-26(11-14-28)32-18-15-29(21-35(32)41)46-37(44)4-2-1-3-5-38(45)47-30-16-19-33(36(42)22-30)27-12-17-31(34(40)20-27)25-8-6-24(23-43)7-9-25/h6-22H,1-5H2. The average molecular weight is 638 g/mol. The van der Waals surface area contributed by atoms with E-state index in [-0.39, 0.29) is 35.5 Å². The molecule has 0 heterocycles. The number of carbonyl (C=O) groups excluding carboxylic acids is 2. The predicted octanol–water partition coefficient (Wildman–Crippen LogP) is 9.58. The summed E-state index contributed by atoms with van der Waals surface area (Å²) in [6.07, 6.45) is 1.44. The molecule has 0 aromatic heterocycles. The number of carbonyl (C=O) groups is 2. The van der Waals surface area contributed by atoms with Crippen molar-refractivity contribution in [3.8, 4) is 50.9 Å². The first-order valence-corrected chi connectivity index (χ1v) is 14.8. The molecule has 5 nitrogen and oxygen atoms in total. The summed E-state index contributed by atoms with van der Waals surface area (Å²) in [5, 5.41) is 8.95. The topological polar surface area (TPSA) is 76.4 Å². The van der Waals surface area contributed by atoms with Crippen molar-refractivity contribution >= 4 is 11.9 Å². The van der Waals surface area contributed by atoms with E-state index in [0.717, 1.165) is 12.1 Å². The second-order valence-corrected chi connectivity index (χ2v) is 10.7. The van der Waals surface area contributed by atoms with Crippen molar-refractivity contribution in [2.45, 2.75) is 32.1 Å². The highest BCUT2D eigenvalue weighted by atomic mass is 19.1. The van der Waals surface area contributed by atoms with Gasteiger partial charge in [0.1, 0.15) is 34.8 Å². The SMILES string of the molecule is N#Cc1ccc(-c2ccc(-c3ccc(OC(=O)CCCCCC(=O)Oc4ccc(-c5ccc(F)cc5)c(F)c4)cc3F)cc2F)cc1. The van der Waals surface area contributed by atoms with Gasteiger partial charge in [-0.3, -0.25) is 9.59 Å². The number of esters is 2. The van der Waals surface area contributed by atoms with Crippen LogP contribution in [0.15, 0.2) is 103 Å². The van der Waals surface area contributed by atoms with E-state index >= 15 is 0 Å². The molecule has 0 fully saturated rings. The number of hydrogen-bond donors (Lipinski definition) is 0. The van der Waals surface area contributed by atoms with Gasteiger partial charge in [0.15, 0.2) is 0 Å². The second kappa shape index (κ2) is 15.0. The summed E-state index contributed by atoms with van der Waals surface area (Å²) < 4.78 is 67.9. The van der Waals surface area contributed by atoms with Crippen LogP contribution in [0.25, 0.3) is 33.4 Å². The maximum Gasteiger partial charge on any atom is 0.311 e. The van der Waals surface area contributed by atoms with Crippen molar-refractivity contribution < 1.29 is 36.6 Å². The molecule has 0 spiro atoms. The number of hydrogen-bond acceptors (Lipinski definition) is 5. The van der Waals surface area contributed by atoms with Crippen molar-refractivity contribution in [2.75, 3.05) is 0 Å². The highest BCUT2D eigenvalue weighted by molar-refractivity contribution is 5.75. The van der Waals surface area contributed by atoms with Gasteiger partial charge in [0.2, 0.25) is 0 Å². The zero-order chi connectivity index (χ0) is 33.3. The molecule has 0 aliphatic heterocycles. The lowest BCUT2D eigenvalue weighted by molar-refractivity contribution is -0.134. The van der Waals surface area contributed by atoms with Crippen LogP contribution in [0.2, 0.25) is 0 Å². The van der Waals surface area contributed by atoms with E-state index in [0.29, 0.717) is 47.1 Å². The molecule has 0 N–H and O–H groups in total. The number of ether oxygens (including phenoxy) is 2. The molecule has 236 valence electrons. The smallest absolute Gasteiger partial charge is 0.311 e. The lowest BCUT2D eigenvalue weighted by Crippen LogP contribution is -2.09. The summed E-state index contributed by atoms with van der Waals surface area (Å²) in [5.41, 5.74) is 2.52. The molecule has 5 rings (SSSR count). The molecule has 0 unspecified atom stereocenters. The van der Waals surface area contributed by atoms with Gasteiger partial charge >= 0.3 is 11.9 Å². The molecule has 5 aromatic carbocycles. The molecular weight excluding hydrogens is 610 g/mol. The molecular formula is C38H27F4NO4.